The number of nitrogens with two attached hydrogens (primary N) is 1. The van der Waals surface area contributed by atoms with Crippen molar-refractivity contribution in [2.24, 2.45) is 10.7 Å². The van der Waals surface area contributed by atoms with Crippen molar-refractivity contribution in [2.45, 2.75) is 6.92 Å². The molecular formula is C5H9N3. The number of amidine groups is 1. The van der Waals surface area contributed by atoms with Gasteiger partial charge in [-0.15, -0.1) is 0 Å². The molecule has 0 unspecified atom stereocenters. The lowest BCUT2D eigenvalue weighted by atomic mass is 10.4. The first-order valence-electron chi connectivity index (χ1n) is 2.18. The first kappa shape index (κ1) is 6.88. The summed E-state index contributed by atoms with van der Waals surface area (Å²) in [6, 6.07) is 0. The molecule has 0 aliphatic heterocycles. The zero-order valence-electron chi connectivity index (χ0n) is 4.81. The van der Waals surface area contributed by atoms with Gasteiger partial charge < -0.3 is 11.1 Å². The summed E-state index contributed by atoms with van der Waals surface area (Å²) < 4.78 is 0. The molecule has 0 heterocycles. The molecule has 0 atom stereocenters. The normalized spacial score (nSPS) is 10.9. The third-order valence-corrected chi connectivity index (χ3v) is 0.615. The highest BCUT2D eigenvalue weighted by Crippen LogP contribution is 1.72. The van der Waals surface area contributed by atoms with Gasteiger partial charge in [-0.2, -0.15) is 0 Å². The van der Waals surface area contributed by atoms with Crippen LogP contribution in [0.3, 0.4) is 0 Å². The van der Waals surface area contributed by atoms with Crippen LogP contribution in [0.4, 0.5) is 0 Å². The van der Waals surface area contributed by atoms with Crippen LogP contribution < -0.4 is 5.73 Å². The Kier molecular flexibility index (Phi) is 2.54. The van der Waals surface area contributed by atoms with Gasteiger partial charge in [-0.25, -0.2) is 4.99 Å². The van der Waals surface area contributed by atoms with Crippen LogP contribution in [-0.2, 0) is 0 Å². The minimum atomic E-state index is 0.222. The Morgan fingerprint density at radius 1 is 1.88 bits per heavy atom. The van der Waals surface area contributed by atoms with E-state index in [1.807, 2.05) is 0 Å². The van der Waals surface area contributed by atoms with E-state index in [0.717, 1.165) is 0 Å². The molecule has 3 heteroatoms. The van der Waals surface area contributed by atoms with E-state index >= 15 is 0 Å². The van der Waals surface area contributed by atoms with Crippen LogP contribution in [0, 0.1) is 5.41 Å². The summed E-state index contributed by atoms with van der Waals surface area (Å²) in [6.45, 7) is 4.89. The van der Waals surface area contributed by atoms with E-state index in [4.69, 9.17) is 11.1 Å². The SMILES string of the molecule is C=CN=C(N)C(C)=N. The maximum atomic E-state index is 6.90. The highest BCUT2D eigenvalue weighted by Gasteiger charge is 1.88. The summed E-state index contributed by atoms with van der Waals surface area (Å²) in [7, 11) is 0. The van der Waals surface area contributed by atoms with Crippen LogP contribution in [0.15, 0.2) is 17.8 Å². The quantitative estimate of drug-likeness (QED) is 0.396. The monoisotopic (exact) mass is 111 g/mol. The number of aliphatic imine (C=N–C) groups is 1. The number of nitrogens with one attached hydrogen (secondary N) is 1. The predicted molar refractivity (Wildman–Crippen MR) is 35.2 cm³/mol. The van der Waals surface area contributed by atoms with Gasteiger partial charge in [0.15, 0.2) is 0 Å². The lowest BCUT2D eigenvalue weighted by Gasteiger charge is -1.89. The topological polar surface area (TPSA) is 62.2 Å². The molecule has 0 aromatic rings. The molecule has 44 valence electrons. The Balaban J connectivity index is 3.99. The van der Waals surface area contributed by atoms with Crippen LogP contribution in [0.2, 0.25) is 0 Å². The van der Waals surface area contributed by atoms with Gasteiger partial charge in [-0.05, 0) is 6.92 Å². The van der Waals surface area contributed by atoms with E-state index in [1.165, 1.54) is 6.20 Å². The van der Waals surface area contributed by atoms with Crippen molar-refractivity contribution in [3.8, 4) is 0 Å². The maximum absolute atomic E-state index is 6.90. The lowest BCUT2D eigenvalue weighted by molar-refractivity contribution is 1.46. The van der Waals surface area contributed by atoms with Crippen molar-refractivity contribution in [3.05, 3.63) is 12.8 Å². The van der Waals surface area contributed by atoms with Crippen molar-refractivity contribution in [2.75, 3.05) is 0 Å². The Bertz CT molecular complexity index is 135. The van der Waals surface area contributed by atoms with E-state index in [-0.39, 0.29) is 11.5 Å². The molecular weight excluding hydrogens is 102 g/mol. The minimum absolute atomic E-state index is 0.222. The Labute approximate surface area is 48.4 Å². The van der Waals surface area contributed by atoms with Gasteiger partial charge in [-0.1, -0.05) is 6.58 Å². The Hall–Kier alpha value is -1.12. The third kappa shape index (κ3) is 2.12. The fourth-order valence-electron chi connectivity index (χ4n) is 0.195. The van der Waals surface area contributed by atoms with Crippen LogP contribution >= 0.6 is 0 Å². The molecule has 0 amide bonds. The van der Waals surface area contributed by atoms with Crippen LogP contribution in [0.25, 0.3) is 0 Å². The first-order chi connectivity index (χ1) is 3.68. The molecule has 0 spiro atoms. The summed E-state index contributed by atoms with van der Waals surface area (Å²) in [4.78, 5) is 3.56. The molecule has 0 saturated carbocycles. The van der Waals surface area contributed by atoms with Crippen molar-refractivity contribution in [1.29, 1.82) is 5.41 Å². The smallest absolute Gasteiger partial charge is 0.144 e. The largest absolute Gasteiger partial charge is 0.382 e. The van der Waals surface area contributed by atoms with E-state index in [1.54, 1.807) is 6.92 Å². The second-order valence-corrected chi connectivity index (χ2v) is 1.32. The molecule has 0 radical (unpaired) electrons. The first-order valence-corrected chi connectivity index (χ1v) is 2.18. The average Bonchev–Trinajstić information content (AvgIpc) is 1.67. The van der Waals surface area contributed by atoms with Gasteiger partial charge in [0.2, 0.25) is 0 Å². The van der Waals surface area contributed by atoms with Crippen molar-refractivity contribution < 1.29 is 0 Å². The molecule has 3 nitrogen and oxygen atoms in total. The molecule has 8 heavy (non-hydrogen) atoms. The van der Waals surface area contributed by atoms with Gasteiger partial charge in [0.05, 0.1) is 5.71 Å². The average molecular weight is 111 g/mol. The highest BCUT2D eigenvalue weighted by atomic mass is 14.8. The zero-order chi connectivity index (χ0) is 6.57. The molecule has 0 bridgehead atoms. The van der Waals surface area contributed by atoms with E-state index < -0.39 is 0 Å². The van der Waals surface area contributed by atoms with Crippen LogP contribution in [0.5, 0.6) is 0 Å². The van der Waals surface area contributed by atoms with Crippen molar-refractivity contribution in [1.82, 2.24) is 0 Å². The maximum Gasteiger partial charge on any atom is 0.144 e. The van der Waals surface area contributed by atoms with Gasteiger partial charge in [0.25, 0.3) is 0 Å². The van der Waals surface area contributed by atoms with E-state index in [2.05, 4.69) is 11.6 Å². The highest BCUT2D eigenvalue weighted by molar-refractivity contribution is 6.38. The molecule has 0 aliphatic carbocycles. The standard InChI is InChI=1S/C5H9N3/c1-3-8-5(7)4(2)6/h3,6H,1H2,2H3,(H2,7,8). The molecule has 0 rings (SSSR count). The third-order valence-electron chi connectivity index (χ3n) is 0.615. The summed E-state index contributed by atoms with van der Waals surface area (Å²) in [6.07, 6.45) is 1.31. The van der Waals surface area contributed by atoms with E-state index in [0.29, 0.717) is 0 Å². The number of rotatable bonds is 2. The summed E-state index contributed by atoms with van der Waals surface area (Å²) in [5, 5.41) is 6.90. The fourth-order valence-corrected chi connectivity index (χ4v) is 0.195. The Morgan fingerprint density at radius 3 is 2.50 bits per heavy atom. The van der Waals surface area contributed by atoms with Crippen LogP contribution in [-0.4, -0.2) is 11.5 Å². The van der Waals surface area contributed by atoms with E-state index in [9.17, 15) is 0 Å². The fraction of sp³-hybridized carbons (Fsp3) is 0.200. The van der Waals surface area contributed by atoms with Crippen molar-refractivity contribution >= 4 is 11.5 Å². The van der Waals surface area contributed by atoms with Gasteiger partial charge in [0, 0.05) is 6.20 Å². The molecule has 3 N–H and O–H groups in total. The summed E-state index contributed by atoms with van der Waals surface area (Å²) in [5.41, 5.74) is 5.45. The molecule has 0 aromatic carbocycles. The lowest BCUT2D eigenvalue weighted by Crippen LogP contribution is -2.19. The van der Waals surface area contributed by atoms with Gasteiger partial charge in [0.1, 0.15) is 5.84 Å². The second kappa shape index (κ2) is 2.96. The second-order valence-electron chi connectivity index (χ2n) is 1.32. The number of hydrogen-bond donors (Lipinski definition) is 2. The number of nitrogens with zero attached hydrogens (tertiary/aromatic N) is 1. The Morgan fingerprint density at radius 2 is 2.38 bits per heavy atom. The molecule has 0 saturated heterocycles. The summed E-state index contributed by atoms with van der Waals surface area (Å²) >= 11 is 0. The van der Waals surface area contributed by atoms with Gasteiger partial charge in [-0.3, -0.25) is 0 Å². The predicted octanol–water partition coefficient (Wildman–Crippen LogP) is 0.527. The van der Waals surface area contributed by atoms with Gasteiger partial charge >= 0.3 is 0 Å². The van der Waals surface area contributed by atoms with Crippen LogP contribution in [0.1, 0.15) is 6.92 Å². The number of hydrogen-bond acceptors (Lipinski definition) is 2. The minimum Gasteiger partial charge on any atom is -0.382 e. The molecule has 0 aromatic heterocycles. The zero-order valence-corrected chi connectivity index (χ0v) is 4.81. The van der Waals surface area contributed by atoms with Crippen molar-refractivity contribution in [3.63, 3.8) is 0 Å². The molecule has 0 fully saturated rings. The summed E-state index contributed by atoms with van der Waals surface area (Å²) in [5.74, 6) is 0.222. The molecule has 0 aliphatic rings.